The number of hydrogen-bond donors (Lipinski definition) is 2. The first-order valence-electron chi connectivity index (χ1n) is 8.52. The van der Waals surface area contributed by atoms with Gasteiger partial charge in [-0.05, 0) is 31.6 Å². The maximum Gasteiger partial charge on any atom is 0.303 e. The van der Waals surface area contributed by atoms with Crippen LogP contribution < -0.4 is 5.32 Å². The van der Waals surface area contributed by atoms with E-state index in [2.05, 4.69) is 10.2 Å². The quantitative estimate of drug-likeness (QED) is 0.817. The molecule has 1 aliphatic heterocycles. The third kappa shape index (κ3) is 4.70. The zero-order valence-corrected chi connectivity index (χ0v) is 14.1. The molecule has 5 heteroatoms. The number of nitrogens with zero attached hydrogens (tertiary/aromatic N) is 1. The average molecular weight is 310 g/mol. The molecule has 22 heavy (non-hydrogen) atoms. The van der Waals surface area contributed by atoms with Crippen molar-refractivity contribution in [1.29, 1.82) is 0 Å². The van der Waals surface area contributed by atoms with E-state index in [1.54, 1.807) is 0 Å². The Bertz CT molecular complexity index is 413. The molecule has 0 bridgehead atoms. The summed E-state index contributed by atoms with van der Waals surface area (Å²) in [5.41, 5.74) is -0.380. The van der Waals surface area contributed by atoms with Gasteiger partial charge in [-0.3, -0.25) is 14.5 Å². The van der Waals surface area contributed by atoms with Crippen molar-refractivity contribution in [2.45, 2.75) is 71.4 Å². The van der Waals surface area contributed by atoms with Gasteiger partial charge in [-0.25, -0.2) is 0 Å². The van der Waals surface area contributed by atoms with Crippen LogP contribution in [0.5, 0.6) is 0 Å². The number of hydrogen-bond acceptors (Lipinski definition) is 3. The first kappa shape index (κ1) is 17.3. The molecule has 1 aliphatic carbocycles. The summed E-state index contributed by atoms with van der Waals surface area (Å²) < 4.78 is 0. The fourth-order valence-corrected chi connectivity index (χ4v) is 3.33. The van der Waals surface area contributed by atoms with E-state index in [0.29, 0.717) is 18.4 Å². The lowest BCUT2D eigenvalue weighted by molar-refractivity contribution is -0.137. The summed E-state index contributed by atoms with van der Waals surface area (Å²) in [6.45, 7) is 7.68. The minimum absolute atomic E-state index is 0.0879. The number of aliphatic carboxylic acids is 1. The van der Waals surface area contributed by atoms with E-state index in [9.17, 15) is 9.59 Å². The fraction of sp³-hybridized carbons (Fsp3) is 0.882. The lowest BCUT2D eigenvalue weighted by Crippen LogP contribution is -2.56. The summed E-state index contributed by atoms with van der Waals surface area (Å²) in [5.74, 6) is -0.267. The SMILES string of the molecule is CC(C)(C)C(=O)NC1CC(CCC(=O)O)CN(C2CCC2)C1. The van der Waals surface area contributed by atoms with Crippen molar-refractivity contribution < 1.29 is 14.7 Å². The van der Waals surface area contributed by atoms with Gasteiger partial charge in [0.1, 0.15) is 0 Å². The van der Waals surface area contributed by atoms with Gasteiger partial charge in [0.25, 0.3) is 0 Å². The molecule has 2 unspecified atom stereocenters. The number of carboxylic acid groups (broad SMARTS) is 1. The van der Waals surface area contributed by atoms with Gasteiger partial charge >= 0.3 is 5.97 Å². The average Bonchev–Trinajstić information content (AvgIpc) is 2.33. The number of piperidine rings is 1. The van der Waals surface area contributed by atoms with E-state index in [1.807, 2.05) is 20.8 Å². The minimum atomic E-state index is -0.726. The van der Waals surface area contributed by atoms with Crippen molar-refractivity contribution in [2.24, 2.45) is 11.3 Å². The van der Waals surface area contributed by atoms with Gasteiger partial charge in [0.15, 0.2) is 0 Å². The topological polar surface area (TPSA) is 69.6 Å². The second-order valence-corrected chi connectivity index (χ2v) is 7.99. The molecule has 2 N–H and O–H groups in total. The first-order chi connectivity index (χ1) is 10.3. The predicted octanol–water partition coefficient (Wildman–Crippen LogP) is 2.26. The van der Waals surface area contributed by atoms with E-state index in [0.717, 1.165) is 19.5 Å². The van der Waals surface area contributed by atoms with Crippen LogP contribution in [-0.4, -0.2) is 47.1 Å². The van der Waals surface area contributed by atoms with E-state index in [1.165, 1.54) is 19.3 Å². The van der Waals surface area contributed by atoms with Gasteiger partial charge in [-0.2, -0.15) is 0 Å². The Hall–Kier alpha value is -1.10. The molecule has 5 nitrogen and oxygen atoms in total. The number of carboxylic acids is 1. The normalized spacial score (nSPS) is 27.2. The second-order valence-electron chi connectivity index (χ2n) is 7.99. The van der Waals surface area contributed by atoms with Crippen molar-refractivity contribution >= 4 is 11.9 Å². The second kappa shape index (κ2) is 6.99. The third-order valence-electron chi connectivity index (χ3n) is 4.94. The van der Waals surface area contributed by atoms with Crippen LogP contribution in [0.1, 0.15) is 59.3 Å². The van der Waals surface area contributed by atoms with E-state index < -0.39 is 5.97 Å². The summed E-state index contributed by atoms with van der Waals surface area (Å²) in [6.07, 6.45) is 5.61. The monoisotopic (exact) mass is 310 g/mol. The van der Waals surface area contributed by atoms with Crippen LogP contribution in [0.15, 0.2) is 0 Å². The molecule has 0 aromatic rings. The van der Waals surface area contributed by atoms with Crippen LogP contribution in [0.2, 0.25) is 0 Å². The highest BCUT2D eigenvalue weighted by Crippen LogP contribution is 2.31. The molecule has 2 rings (SSSR count). The molecule has 0 aromatic carbocycles. The van der Waals surface area contributed by atoms with E-state index in [4.69, 9.17) is 5.11 Å². The Morgan fingerprint density at radius 1 is 1.23 bits per heavy atom. The highest BCUT2D eigenvalue weighted by atomic mass is 16.4. The first-order valence-corrected chi connectivity index (χ1v) is 8.52. The standard InChI is InChI=1S/C17H30N2O3/c1-17(2,3)16(22)18-13-9-12(7-8-15(20)21)10-19(11-13)14-5-4-6-14/h12-14H,4-11H2,1-3H3,(H,18,22)(H,20,21). The molecule has 1 saturated carbocycles. The lowest BCUT2D eigenvalue weighted by Gasteiger charge is -2.45. The van der Waals surface area contributed by atoms with Crippen LogP contribution in [0, 0.1) is 11.3 Å². The molecule has 2 atom stereocenters. The van der Waals surface area contributed by atoms with Gasteiger partial charge in [0, 0.05) is 37.0 Å². The molecule has 2 fully saturated rings. The fourth-order valence-electron chi connectivity index (χ4n) is 3.33. The van der Waals surface area contributed by atoms with E-state index >= 15 is 0 Å². The maximum absolute atomic E-state index is 12.2. The number of nitrogens with one attached hydrogen (secondary N) is 1. The van der Waals surface area contributed by atoms with Gasteiger partial charge in [0.05, 0.1) is 0 Å². The molecule has 1 saturated heterocycles. The third-order valence-corrected chi connectivity index (χ3v) is 4.94. The predicted molar refractivity (Wildman–Crippen MR) is 85.6 cm³/mol. The molecule has 1 amide bonds. The summed E-state index contributed by atoms with van der Waals surface area (Å²) >= 11 is 0. The Labute approximate surface area is 133 Å². The van der Waals surface area contributed by atoms with Crippen LogP contribution in [0.4, 0.5) is 0 Å². The van der Waals surface area contributed by atoms with Crippen molar-refractivity contribution in [3.63, 3.8) is 0 Å². The molecule has 126 valence electrons. The molecular formula is C17H30N2O3. The number of amides is 1. The summed E-state index contributed by atoms with van der Waals surface area (Å²) in [4.78, 5) is 25.6. The Morgan fingerprint density at radius 2 is 1.91 bits per heavy atom. The van der Waals surface area contributed by atoms with Crippen LogP contribution in [-0.2, 0) is 9.59 Å². The Balaban J connectivity index is 1.95. The number of likely N-dealkylation sites (tertiary alicyclic amines) is 1. The highest BCUT2D eigenvalue weighted by Gasteiger charge is 2.35. The Kier molecular flexibility index (Phi) is 5.48. The molecular weight excluding hydrogens is 280 g/mol. The maximum atomic E-state index is 12.2. The zero-order valence-electron chi connectivity index (χ0n) is 14.1. The molecule has 0 aromatic heterocycles. The summed E-state index contributed by atoms with van der Waals surface area (Å²) in [6, 6.07) is 0.793. The van der Waals surface area contributed by atoms with E-state index in [-0.39, 0.29) is 23.8 Å². The van der Waals surface area contributed by atoms with Crippen LogP contribution >= 0.6 is 0 Å². The van der Waals surface area contributed by atoms with Crippen LogP contribution in [0.25, 0.3) is 0 Å². The van der Waals surface area contributed by atoms with Crippen LogP contribution in [0.3, 0.4) is 0 Å². The van der Waals surface area contributed by atoms with Gasteiger partial charge in [0.2, 0.25) is 5.91 Å². The summed E-state index contributed by atoms with van der Waals surface area (Å²) in [7, 11) is 0. The smallest absolute Gasteiger partial charge is 0.303 e. The molecule has 1 heterocycles. The number of carbonyl (C=O) groups is 2. The minimum Gasteiger partial charge on any atom is -0.481 e. The molecule has 0 spiro atoms. The van der Waals surface area contributed by atoms with Gasteiger partial charge < -0.3 is 10.4 Å². The number of carbonyl (C=O) groups excluding carboxylic acids is 1. The van der Waals surface area contributed by atoms with Gasteiger partial charge in [-0.1, -0.05) is 27.2 Å². The Morgan fingerprint density at radius 3 is 2.41 bits per heavy atom. The van der Waals surface area contributed by atoms with Crippen molar-refractivity contribution in [1.82, 2.24) is 10.2 Å². The van der Waals surface area contributed by atoms with Gasteiger partial charge in [-0.15, -0.1) is 0 Å². The number of rotatable bonds is 5. The van der Waals surface area contributed by atoms with Crippen molar-refractivity contribution in [3.8, 4) is 0 Å². The molecule has 0 radical (unpaired) electrons. The summed E-state index contributed by atoms with van der Waals surface area (Å²) in [5, 5.41) is 12.1. The lowest BCUT2D eigenvalue weighted by atomic mass is 9.84. The van der Waals surface area contributed by atoms with Crippen molar-refractivity contribution in [3.05, 3.63) is 0 Å². The largest absolute Gasteiger partial charge is 0.481 e. The molecule has 2 aliphatic rings. The van der Waals surface area contributed by atoms with Crippen molar-refractivity contribution in [2.75, 3.05) is 13.1 Å². The highest BCUT2D eigenvalue weighted by molar-refractivity contribution is 5.81. The zero-order chi connectivity index (χ0) is 16.3.